The summed E-state index contributed by atoms with van der Waals surface area (Å²) in [5.74, 6) is 0. The van der Waals surface area contributed by atoms with Crippen molar-refractivity contribution in [2.45, 2.75) is 6.18 Å². The van der Waals surface area contributed by atoms with Crippen LogP contribution >= 0.6 is 0 Å². The molecule has 0 unspecified atom stereocenters. The SMILES string of the molecule is FC(F)(F)c1c2ccccc2c(-c2ccccc2)c2ccccc12. The average molecular weight is 322 g/mol. The minimum Gasteiger partial charge on any atom is -0.166 e. The highest BCUT2D eigenvalue weighted by Crippen LogP contribution is 2.45. The van der Waals surface area contributed by atoms with Crippen molar-refractivity contribution in [3.8, 4) is 11.1 Å². The summed E-state index contributed by atoms with van der Waals surface area (Å²) < 4.78 is 41.3. The van der Waals surface area contributed by atoms with Gasteiger partial charge in [0, 0.05) is 0 Å². The number of halogens is 3. The van der Waals surface area contributed by atoms with Crippen LogP contribution in [0.15, 0.2) is 78.9 Å². The number of fused-ring (bicyclic) bond motifs is 2. The van der Waals surface area contributed by atoms with Crippen molar-refractivity contribution < 1.29 is 13.2 Å². The molecule has 0 fully saturated rings. The predicted molar refractivity (Wildman–Crippen MR) is 91.9 cm³/mol. The molecule has 0 aliphatic rings. The number of rotatable bonds is 1. The second-order valence-electron chi connectivity index (χ2n) is 5.70. The maximum atomic E-state index is 13.8. The van der Waals surface area contributed by atoms with Crippen LogP contribution in [0, 0.1) is 0 Å². The Morgan fingerprint density at radius 3 is 1.38 bits per heavy atom. The highest BCUT2D eigenvalue weighted by atomic mass is 19.4. The van der Waals surface area contributed by atoms with Crippen LogP contribution in [0.4, 0.5) is 13.2 Å². The Morgan fingerprint density at radius 2 is 0.917 bits per heavy atom. The van der Waals surface area contributed by atoms with Gasteiger partial charge < -0.3 is 0 Å². The predicted octanol–water partition coefficient (Wildman–Crippen LogP) is 6.68. The maximum Gasteiger partial charge on any atom is 0.417 e. The summed E-state index contributed by atoms with van der Waals surface area (Å²) in [4.78, 5) is 0. The molecule has 0 N–H and O–H groups in total. The molecule has 0 atom stereocenters. The molecule has 0 saturated heterocycles. The summed E-state index contributed by atoms with van der Waals surface area (Å²) in [6.45, 7) is 0. The molecular formula is C21H13F3. The molecule has 118 valence electrons. The minimum absolute atomic E-state index is 0.238. The van der Waals surface area contributed by atoms with Crippen molar-refractivity contribution in [2.24, 2.45) is 0 Å². The van der Waals surface area contributed by atoms with E-state index in [1.54, 1.807) is 48.5 Å². The zero-order valence-corrected chi connectivity index (χ0v) is 12.6. The first kappa shape index (κ1) is 14.8. The molecule has 0 saturated carbocycles. The van der Waals surface area contributed by atoms with Crippen LogP contribution in [-0.4, -0.2) is 0 Å². The Hall–Kier alpha value is -2.81. The fraction of sp³-hybridized carbons (Fsp3) is 0.0476. The van der Waals surface area contributed by atoms with E-state index in [0.29, 0.717) is 10.8 Å². The quantitative estimate of drug-likeness (QED) is 0.343. The average Bonchev–Trinajstić information content (AvgIpc) is 2.59. The third-order valence-corrected chi connectivity index (χ3v) is 4.28. The third-order valence-electron chi connectivity index (χ3n) is 4.28. The van der Waals surface area contributed by atoms with Gasteiger partial charge in [-0.25, -0.2) is 0 Å². The van der Waals surface area contributed by atoms with Crippen molar-refractivity contribution >= 4 is 21.5 Å². The van der Waals surface area contributed by atoms with Gasteiger partial charge in [-0.1, -0.05) is 78.9 Å². The van der Waals surface area contributed by atoms with Crippen molar-refractivity contribution in [2.75, 3.05) is 0 Å². The molecule has 0 amide bonds. The minimum atomic E-state index is -4.41. The van der Waals surface area contributed by atoms with Crippen molar-refractivity contribution in [3.05, 3.63) is 84.4 Å². The van der Waals surface area contributed by atoms with E-state index < -0.39 is 11.7 Å². The molecule has 0 aromatic heterocycles. The summed E-state index contributed by atoms with van der Waals surface area (Å²) >= 11 is 0. The topological polar surface area (TPSA) is 0 Å². The summed E-state index contributed by atoms with van der Waals surface area (Å²) in [7, 11) is 0. The molecule has 24 heavy (non-hydrogen) atoms. The molecule has 3 heteroatoms. The van der Waals surface area contributed by atoms with Crippen LogP contribution in [0.5, 0.6) is 0 Å². The van der Waals surface area contributed by atoms with E-state index >= 15 is 0 Å². The Bertz CT molecular complexity index is 974. The lowest BCUT2D eigenvalue weighted by molar-refractivity contribution is -0.135. The van der Waals surface area contributed by atoms with E-state index in [4.69, 9.17) is 0 Å². The lowest BCUT2D eigenvalue weighted by Crippen LogP contribution is -2.07. The monoisotopic (exact) mass is 322 g/mol. The second-order valence-corrected chi connectivity index (χ2v) is 5.70. The van der Waals surface area contributed by atoms with E-state index in [1.807, 2.05) is 30.3 Å². The van der Waals surface area contributed by atoms with Gasteiger partial charge in [-0.05, 0) is 32.7 Å². The normalized spacial score (nSPS) is 12.0. The molecule has 0 heterocycles. The first-order valence-corrected chi connectivity index (χ1v) is 7.63. The molecule has 0 spiro atoms. The molecule has 0 aliphatic heterocycles. The van der Waals surface area contributed by atoms with Crippen LogP contribution in [0.1, 0.15) is 5.56 Å². The van der Waals surface area contributed by atoms with Crippen LogP contribution in [0.2, 0.25) is 0 Å². The van der Waals surface area contributed by atoms with Crippen molar-refractivity contribution in [1.29, 1.82) is 0 Å². The first-order chi connectivity index (χ1) is 11.6. The van der Waals surface area contributed by atoms with Gasteiger partial charge in [-0.2, -0.15) is 13.2 Å². The smallest absolute Gasteiger partial charge is 0.166 e. The molecule has 0 radical (unpaired) electrons. The van der Waals surface area contributed by atoms with Crippen LogP contribution in [0.3, 0.4) is 0 Å². The van der Waals surface area contributed by atoms with Gasteiger partial charge >= 0.3 is 6.18 Å². The highest BCUT2D eigenvalue weighted by molar-refractivity contribution is 6.15. The first-order valence-electron chi connectivity index (χ1n) is 7.63. The van der Waals surface area contributed by atoms with Gasteiger partial charge in [0.1, 0.15) is 0 Å². The van der Waals surface area contributed by atoms with Gasteiger partial charge in [-0.3, -0.25) is 0 Å². The summed E-state index contributed by atoms with van der Waals surface area (Å²) in [5.41, 5.74) is 1.20. The molecule has 0 bridgehead atoms. The van der Waals surface area contributed by atoms with Crippen molar-refractivity contribution in [3.63, 3.8) is 0 Å². The van der Waals surface area contributed by atoms with E-state index in [1.165, 1.54) is 0 Å². The Morgan fingerprint density at radius 1 is 0.500 bits per heavy atom. The molecule has 4 aromatic rings. The number of benzene rings is 4. The summed E-state index contributed by atoms with van der Waals surface area (Å²) in [5, 5.41) is 1.72. The van der Waals surface area contributed by atoms with E-state index in [0.717, 1.165) is 11.1 Å². The zero-order chi connectivity index (χ0) is 16.7. The van der Waals surface area contributed by atoms with Gasteiger partial charge in [0.25, 0.3) is 0 Å². The fourth-order valence-corrected chi connectivity index (χ4v) is 3.35. The Balaban J connectivity index is 2.29. The summed E-state index contributed by atoms with van der Waals surface area (Å²) in [6.07, 6.45) is -4.41. The van der Waals surface area contributed by atoms with Gasteiger partial charge in [-0.15, -0.1) is 0 Å². The standard InChI is InChI=1S/C21H13F3/c22-21(23,24)20-17-12-6-4-10-15(17)19(14-8-2-1-3-9-14)16-11-5-7-13-18(16)20/h1-13H. The van der Waals surface area contributed by atoms with E-state index in [9.17, 15) is 13.2 Å². The number of hydrogen-bond acceptors (Lipinski definition) is 0. The molecular weight excluding hydrogens is 309 g/mol. The molecule has 4 rings (SSSR count). The third kappa shape index (κ3) is 2.24. The lowest BCUT2D eigenvalue weighted by atomic mass is 9.88. The molecule has 0 aliphatic carbocycles. The lowest BCUT2D eigenvalue weighted by Gasteiger charge is -2.18. The maximum absolute atomic E-state index is 13.8. The van der Waals surface area contributed by atoms with Crippen LogP contribution < -0.4 is 0 Å². The highest BCUT2D eigenvalue weighted by Gasteiger charge is 2.35. The summed E-state index contributed by atoms with van der Waals surface area (Å²) in [6, 6.07) is 23.1. The van der Waals surface area contributed by atoms with Crippen molar-refractivity contribution in [1.82, 2.24) is 0 Å². The Labute approximate surface area is 137 Å². The molecule has 0 nitrogen and oxygen atoms in total. The Kier molecular flexibility index (Phi) is 3.31. The molecule has 4 aromatic carbocycles. The zero-order valence-electron chi connectivity index (χ0n) is 12.6. The van der Waals surface area contributed by atoms with Gasteiger partial charge in [0.15, 0.2) is 0 Å². The van der Waals surface area contributed by atoms with Crippen LogP contribution in [0.25, 0.3) is 32.7 Å². The number of hydrogen-bond donors (Lipinski definition) is 0. The largest absolute Gasteiger partial charge is 0.417 e. The van der Waals surface area contributed by atoms with Crippen LogP contribution in [-0.2, 0) is 6.18 Å². The van der Waals surface area contributed by atoms with E-state index in [2.05, 4.69) is 0 Å². The fourth-order valence-electron chi connectivity index (χ4n) is 3.35. The number of alkyl halides is 3. The second kappa shape index (κ2) is 5.38. The van der Waals surface area contributed by atoms with E-state index in [-0.39, 0.29) is 10.8 Å². The van der Waals surface area contributed by atoms with Gasteiger partial charge in [0.2, 0.25) is 0 Å². The van der Waals surface area contributed by atoms with Gasteiger partial charge in [0.05, 0.1) is 5.56 Å².